The van der Waals surface area contributed by atoms with E-state index in [0.717, 1.165) is 5.57 Å². The number of carbonyl (C=O) groups excluding carboxylic acids is 3. The van der Waals surface area contributed by atoms with Crippen molar-refractivity contribution < 1.29 is 38.8 Å². The average molecular weight is 449 g/mol. The van der Waals surface area contributed by atoms with Gasteiger partial charge in [-0.1, -0.05) is 24.6 Å². The van der Waals surface area contributed by atoms with E-state index < -0.39 is 59.3 Å². The number of hydrogen-bond donors (Lipinski definition) is 2. The van der Waals surface area contributed by atoms with E-state index >= 15 is 0 Å². The lowest BCUT2D eigenvalue weighted by atomic mass is 9.57. The summed E-state index contributed by atoms with van der Waals surface area (Å²) in [6, 6.07) is 0. The lowest BCUT2D eigenvalue weighted by Gasteiger charge is -2.53. The van der Waals surface area contributed by atoms with Crippen LogP contribution in [0, 0.1) is 11.3 Å². The van der Waals surface area contributed by atoms with Gasteiger partial charge in [0.25, 0.3) is 0 Å². The third kappa shape index (κ3) is 4.26. The molecule has 2 aliphatic carbocycles. The number of carbonyl (C=O) groups is 3. The molecule has 0 aromatic rings. The highest BCUT2D eigenvalue weighted by Gasteiger charge is 2.57. The van der Waals surface area contributed by atoms with Crippen LogP contribution in [0.4, 0.5) is 0 Å². The van der Waals surface area contributed by atoms with Gasteiger partial charge < -0.3 is 24.4 Å². The summed E-state index contributed by atoms with van der Waals surface area (Å²) in [5, 5.41) is 22.0. The van der Waals surface area contributed by atoms with Gasteiger partial charge in [0.05, 0.1) is 5.60 Å². The summed E-state index contributed by atoms with van der Waals surface area (Å²) in [6.07, 6.45) is 1.84. The molecule has 0 amide bonds. The lowest BCUT2D eigenvalue weighted by molar-refractivity contribution is -0.192. The summed E-state index contributed by atoms with van der Waals surface area (Å²) in [5.41, 5.74) is -0.685. The van der Waals surface area contributed by atoms with E-state index in [0.29, 0.717) is 11.1 Å². The van der Waals surface area contributed by atoms with Crippen molar-refractivity contribution in [2.24, 2.45) is 11.3 Å². The predicted octanol–water partition coefficient (Wildman–Crippen LogP) is 2.14. The second kappa shape index (κ2) is 8.48. The molecule has 0 aromatic carbocycles. The average Bonchev–Trinajstić information content (AvgIpc) is 2.92. The van der Waals surface area contributed by atoms with Gasteiger partial charge in [-0.25, -0.2) is 4.79 Å². The van der Waals surface area contributed by atoms with Crippen molar-refractivity contribution in [3.05, 3.63) is 34.9 Å². The van der Waals surface area contributed by atoms with Crippen molar-refractivity contribution in [2.45, 2.75) is 84.4 Å². The van der Waals surface area contributed by atoms with Gasteiger partial charge in [0, 0.05) is 37.2 Å². The molecule has 8 nitrogen and oxygen atoms in total. The summed E-state index contributed by atoms with van der Waals surface area (Å²) in [7, 11) is 0. The third-order valence-electron chi connectivity index (χ3n) is 7.00. The topological polar surface area (TPSA) is 119 Å². The van der Waals surface area contributed by atoms with Crippen LogP contribution in [0.1, 0.15) is 54.4 Å². The molecule has 0 saturated heterocycles. The van der Waals surface area contributed by atoms with E-state index in [-0.39, 0.29) is 12.8 Å². The molecule has 8 heteroatoms. The number of fused-ring (bicyclic) bond motifs is 2. The first kappa shape index (κ1) is 24.2. The zero-order valence-electron chi connectivity index (χ0n) is 19.4. The molecule has 176 valence electrons. The molecular formula is C24H32O8. The second-order valence-corrected chi connectivity index (χ2v) is 9.52. The van der Waals surface area contributed by atoms with Crippen LogP contribution in [0.25, 0.3) is 0 Å². The Morgan fingerprint density at radius 3 is 2.34 bits per heavy atom. The molecule has 3 rings (SSSR count). The van der Waals surface area contributed by atoms with Crippen molar-refractivity contribution >= 4 is 17.9 Å². The molecule has 0 radical (unpaired) electrons. The van der Waals surface area contributed by atoms with Gasteiger partial charge in [-0.15, -0.1) is 0 Å². The highest BCUT2D eigenvalue weighted by molar-refractivity contribution is 5.92. The summed E-state index contributed by atoms with van der Waals surface area (Å²) in [6.45, 7) is 9.39. The van der Waals surface area contributed by atoms with E-state index in [1.54, 1.807) is 19.1 Å². The fourth-order valence-corrected chi connectivity index (χ4v) is 5.26. The Kier molecular flexibility index (Phi) is 6.41. The Morgan fingerprint density at radius 2 is 1.75 bits per heavy atom. The van der Waals surface area contributed by atoms with Gasteiger partial charge in [-0.2, -0.15) is 0 Å². The van der Waals surface area contributed by atoms with Crippen LogP contribution >= 0.6 is 0 Å². The largest absolute Gasteiger partial charge is 0.458 e. The molecule has 1 heterocycles. The maximum Gasteiger partial charge on any atom is 0.334 e. The molecule has 3 aliphatic rings. The molecule has 0 aromatic heterocycles. The first-order chi connectivity index (χ1) is 14.8. The summed E-state index contributed by atoms with van der Waals surface area (Å²) < 4.78 is 16.9. The predicted molar refractivity (Wildman–Crippen MR) is 114 cm³/mol. The maximum atomic E-state index is 12.4. The van der Waals surface area contributed by atoms with Crippen LogP contribution < -0.4 is 0 Å². The van der Waals surface area contributed by atoms with Crippen LogP contribution in [0.3, 0.4) is 0 Å². The molecular weight excluding hydrogens is 416 g/mol. The van der Waals surface area contributed by atoms with Crippen LogP contribution in [0.15, 0.2) is 34.9 Å². The molecule has 0 unspecified atom stereocenters. The molecule has 0 fully saturated rings. The van der Waals surface area contributed by atoms with Gasteiger partial charge in [0.2, 0.25) is 0 Å². The standard InChI is InChI=1S/C24H32O8/c1-12-9-17-16(13(2)22(28)32-17)11-19-23(5,8-7-20(27)24(19,6)29)21(31-15(4)26)18(10-12)30-14(3)25/h7-9,17-21,27,29H,10-11H2,1-6H3/b12-9-/t17-,18+,19+,20+,21-,23-,24-/m0/s1. The van der Waals surface area contributed by atoms with Gasteiger partial charge >= 0.3 is 17.9 Å². The van der Waals surface area contributed by atoms with Crippen molar-refractivity contribution in [1.82, 2.24) is 0 Å². The number of aliphatic hydroxyl groups excluding tert-OH is 1. The first-order valence-corrected chi connectivity index (χ1v) is 10.8. The Labute approximate surface area is 187 Å². The van der Waals surface area contributed by atoms with E-state index in [2.05, 4.69) is 0 Å². The summed E-state index contributed by atoms with van der Waals surface area (Å²) in [4.78, 5) is 36.4. The highest BCUT2D eigenvalue weighted by atomic mass is 16.6. The molecule has 0 saturated carbocycles. The number of aliphatic hydroxyl groups is 2. The highest BCUT2D eigenvalue weighted by Crippen LogP contribution is 2.52. The van der Waals surface area contributed by atoms with E-state index in [1.165, 1.54) is 26.8 Å². The Hall–Kier alpha value is -2.45. The number of rotatable bonds is 2. The molecule has 2 N–H and O–H groups in total. The zero-order chi connectivity index (χ0) is 24.0. The summed E-state index contributed by atoms with van der Waals surface area (Å²) in [5.74, 6) is -2.22. The maximum absolute atomic E-state index is 12.4. The monoisotopic (exact) mass is 448 g/mol. The lowest BCUT2D eigenvalue weighted by Crippen LogP contribution is -2.60. The fraction of sp³-hybridized carbons (Fsp3) is 0.625. The number of ether oxygens (including phenoxy) is 3. The smallest absolute Gasteiger partial charge is 0.334 e. The van der Waals surface area contributed by atoms with E-state index in [1.807, 2.05) is 13.8 Å². The molecule has 32 heavy (non-hydrogen) atoms. The van der Waals surface area contributed by atoms with Crippen molar-refractivity contribution in [1.29, 1.82) is 0 Å². The van der Waals surface area contributed by atoms with Gasteiger partial charge in [0.15, 0.2) is 0 Å². The van der Waals surface area contributed by atoms with Crippen LogP contribution in [-0.2, 0) is 28.6 Å². The molecule has 7 atom stereocenters. The number of esters is 3. The zero-order valence-corrected chi connectivity index (χ0v) is 19.4. The SMILES string of the molecule is CC(=O)O[C@@H]1C/C(C)=C\[C@@H]2OC(=O)C(C)=C2C[C@H]2[C@](C)(O)[C@H](O)C=C[C@]2(C)[C@H]1OC(C)=O. The first-order valence-electron chi connectivity index (χ1n) is 10.8. The Morgan fingerprint density at radius 1 is 1.12 bits per heavy atom. The van der Waals surface area contributed by atoms with Crippen molar-refractivity contribution in [3.63, 3.8) is 0 Å². The molecule has 1 aliphatic heterocycles. The minimum Gasteiger partial charge on any atom is -0.458 e. The van der Waals surface area contributed by atoms with Gasteiger partial charge in [-0.3, -0.25) is 9.59 Å². The van der Waals surface area contributed by atoms with E-state index in [9.17, 15) is 24.6 Å². The fourth-order valence-electron chi connectivity index (χ4n) is 5.26. The Balaban J connectivity index is 2.26. The summed E-state index contributed by atoms with van der Waals surface area (Å²) >= 11 is 0. The minimum atomic E-state index is -1.62. The van der Waals surface area contributed by atoms with Gasteiger partial charge in [-0.05, 0) is 38.8 Å². The van der Waals surface area contributed by atoms with Crippen LogP contribution in [-0.4, -0.2) is 58.1 Å². The normalized spacial score (nSPS) is 41.1. The van der Waals surface area contributed by atoms with Crippen LogP contribution in [0.5, 0.6) is 0 Å². The number of hydrogen-bond acceptors (Lipinski definition) is 8. The van der Waals surface area contributed by atoms with E-state index in [4.69, 9.17) is 14.2 Å². The van der Waals surface area contributed by atoms with Gasteiger partial charge in [0.1, 0.15) is 24.4 Å². The molecule has 0 spiro atoms. The van der Waals surface area contributed by atoms with Crippen molar-refractivity contribution in [2.75, 3.05) is 0 Å². The molecule has 0 bridgehead atoms. The Bertz CT molecular complexity index is 911. The second-order valence-electron chi connectivity index (χ2n) is 9.52. The quantitative estimate of drug-likeness (QED) is 0.375. The minimum absolute atomic E-state index is 0.210. The van der Waals surface area contributed by atoms with Crippen molar-refractivity contribution in [3.8, 4) is 0 Å². The van der Waals surface area contributed by atoms with Crippen LogP contribution in [0.2, 0.25) is 0 Å². The third-order valence-corrected chi connectivity index (χ3v) is 7.00.